The molecule has 0 atom stereocenters. The molecule has 0 aliphatic rings. The minimum absolute atomic E-state index is 0.211. The molecule has 0 unspecified atom stereocenters. The van der Waals surface area contributed by atoms with E-state index in [1.54, 1.807) is 18.2 Å². The lowest BCUT2D eigenvalue weighted by atomic mass is 10.1. The summed E-state index contributed by atoms with van der Waals surface area (Å²) >= 11 is 6.13. The third-order valence-electron chi connectivity index (χ3n) is 4.19. The van der Waals surface area contributed by atoms with Crippen molar-refractivity contribution in [3.8, 4) is 17.0 Å². The van der Waals surface area contributed by atoms with Crippen LogP contribution >= 0.6 is 11.6 Å². The number of aromatic nitrogens is 2. The first-order valence-corrected chi connectivity index (χ1v) is 8.75. The summed E-state index contributed by atoms with van der Waals surface area (Å²) in [5, 5.41) is 23.3. The highest BCUT2D eigenvalue weighted by Gasteiger charge is 2.13. The number of carboxylic acid groups (broad SMARTS) is 1. The first-order chi connectivity index (χ1) is 13.5. The lowest BCUT2D eigenvalue weighted by Gasteiger charge is -2.11. The highest BCUT2D eigenvalue weighted by atomic mass is 35.5. The SMILES string of the molecule is O=C(O)c1cc(Nc2nc(-c3ccccc3)c3ccc(Cl)cc3n2)ccc1O. The third-order valence-corrected chi connectivity index (χ3v) is 4.42. The molecule has 0 saturated carbocycles. The molecular formula is C21H14ClN3O3. The number of aromatic carboxylic acids is 1. The van der Waals surface area contributed by atoms with Crippen molar-refractivity contribution in [3.63, 3.8) is 0 Å². The standard InChI is InChI=1S/C21H14ClN3O3/c22-13-6-8-15-17(10-13)24-21(25-19(15)12-4-2-1-3-5-12)23-14-7-9-18(26)16(11-14)20(27)28/h1-11,26H,(H,27,28)(H,23,24,25). The van der Waals surface area contributed by atoms with Gasteiger partial charge in [0.25, 0.3) is 0 Å². The van der Waals surface area contributed by atoms with Crippen LogP contribution in [-0.4, -0.2) is 26.2 Å². The number of anilines is 2. The van der Waals surface area contributed by atoms with Crippen molar-refractivity contribution in [2.75, 3.05) is 5.32 Å². The number of hydrogen-bond donors (Lipinski definition) is 3. The fourth-order valence-corrected chi connectivity index (χ4v) is 3.06. The van der Waals surface area contributed by atoms with E-state index in [4.69, 9.17) is 11.6 Å². The molecule has 4 aromatic rings. The molecule has 0 radical (unpaired) electrons. The Morgan fingerprint density at radius 2 is 1.75 bits per heavy atom. The number of phenols is 1. The average molecular weight is 392 g/mol. The average Bonchev–Trinajstić information content (AvgIpc) is 2.69. The Morgan fingerprint density at radius 1 is 0.964 bits per heavy atom. The lowest BCUT2D eigenvalue weighted by Crippen LogP contribution is -2.02. The fourth-order valence-electron chi connectivity index (χ4n) is 2.89. The van der Waals surface area contributed by atoms with Gasteiger partial charge < -0.3 is 15.5 Å². The molecule has 6 nitrogen and oxygen atoms in total. The first kappa shape index (κ1) is 17.8. The zero-order valence-corrected chi connectivity index (χ0v) is 15.2. The first-order valence-electron chi connectivity index (χ1n) is 8.37. The molecule has 1 aromatic heterocycles. The number of carboxylic acids is 1. The van der Waals surface area contributed by atoms with E-state index in [2.05, 4.69) is 15.3 Å². The van der Waals surface area contributed by atoms with Gasteiger partial charge in [0.1, 0.15) is 11.3 Å². The number of aromatic hydroxyl groups is 1. The highest BCUT2D eigenvalue weighted by Crippen LogP contribution is 2.30. The largest absolute Gasteiger partial charge is 0.507 e. The van der Waals surface area contributed by atoms with Gasteiger partial charge in [-0.1, -0.05) is 41.9 Å². The van der Waals surface area contributed by atoms with Crippen molar-refractivity contribution >= 4 is 40.1 Å². The van der Waals surface area contributed by atoms with Gasteiger partial charge in [-0.2, -0.15) is 0 Å². The summed E-state index contributed by atoms with van der Waals surface area (Å²) in [5.41, 5.74) is 2.52. The van der Waals surface area contributed by atoms with Crippen LogP contribution in [0.1, 0.15) is 10.4 Å². The molecular weight excluding hydrogens is 378 g/mol. The minimum Gasteiger partial charge on any atom is -0.507 e. The smallest absolute Gasteiger partial charge is 0.339 e. The van der Waals surface area contributed by atoms with Gasteiger partial charge in [0, 0.05) is 21.7 Å². The third kappa shape index (κ3) is 3.45. The number of hydrogen-bond acceptors (Lipinski definition) is 5. The summed E-state index contributed by atoms with van der Waals surface area (Å²) in [6.45, 7) is 0. The molecule has 0 fully saturated rings. The molecule has 4 rings (SSSR count). The summed E-state index contributed by atoms with van der Waals surface area (Å²) in [4.78, 5) is 20.4. The minimum atomic E-state index is -1.22. The summed E-state index contributed by atoms with van der Waals surface area (Å²) in [5.74, 6) is -1.25. The zero-order valence-electron chi connectivity index (χ0n) is 14.4. The van der Waals surface area contributed by atoms with Gasteiger partial charge >= 0.3 is 5.97 Å². The van der Waals surface area contributed by atoms with Crippen LogP contribution in [-0.2, 0) is 0 Å². The molecule has 0 saturated heterocycles. The predicted octanol–water partition coefficient (Wildman–Crippen LogP) is 5.10. The molecule has 0 aliphatic carbocycles. The second-order valence-electron chi connectivity index (χ2n) is 6.09. The van der Waals surface area contributed by atoms with Crippen molar-refractivity contribution in [1.29, 1.82) is 0 Å². The van der Waals surface area contributed by atoms with Crippen molar-refractivity contribution in [2.45, 2.75) is 0 Å². The quantitative estimate of drug-likeness (QED) is 0.419. The van der Waals surface area contributed by atoms with E-state index in [1.165, 1.54) is 12.1 Å². The van der Waals surface area contributed by atoms with Gasteiger partial charge in [0.05, 0.1) is 11.2 Å². The Hall–Kier alpha value is -3.64. The molecule has 0 amide bonds. The van der Waals surface area contributed by atoms with Gasteiger partial charge in [0.15, 0.2) is 0 Å². The Bertz CT molecular complexity index is 1200. The summed E-state index contributed by atoms with van der Waals surface area (Å²) in [6.07, 6.45) is 0. The van der Waals surface area contributed by atoms with Gasteiger partial charge in [-0.15, -0.1) is 0 Å². The molecule has 3 aromatic carbocycles. The van der Waals surface area contributed by atoms with Crippen molar-refractivity contribution in [1.82, 2.24) is 9.97 Å². The summed E-state index contributed by atoms with van der Waals surface area (Å²) in [6, 6.07) is 19.2. The van der Waals surface area contributed by atoms with Gasteiger partial charge in [-0.25, -0.2) is 14.8 Å². The maximum absolute atomic E-state index is 11.2. The monoisotopic (exact) mass is 391 g/mol. The summed E-state index contributed by atoms with van der Waals surface area (Å²) < 4.78 is 0. The second-order valence-corrected chi connectivity index (χ2v) is 6.52. The van der Waals surface area contributed by atoms with Crippen LogP contribution in [0.4, 0.5) is 11.6 Å². The Kier molecular flexibility index (Phi) is 4.55. The molecule has 1 heterocycles. The molecule has 0 aliphatic heterocycles. The number of nitrogens with one attached hydrogen (secondary N) is 1. The fraction of sp³-hybridized carbons (Fsp3) is 0. The predicted molar refractivity (Wildman–Crippen MR) is 108 cm³/mol. The van der Waals surface area contributed by atoms with E-state index >= 15 is 0 Å². The molecule has 7 heteroatoms. The Balaban J connectivity index is 1.84. The van der Waals surface area contributed by atoms with Crippen LogP contribution in [0.25, 0.3) is 22.2 Å². The van der Waals surface area contributed by atoms with Crippen LogP contribution < -0.4 is 5.32 Å². The zero-order chi connectivity index (χ0) is 19.7. The molecule has 0 bridgehead atoms. The van der Waals surface area contributed by atoms with Crippen LogP contribution in [0.15, 0.2) is 66.7 Å². The van der Waals surface area contributed by atoms with Crippen LogP contribution in [0.2, 0.25) is 5.02 Å². The maximum Gasteiger partial charge on any atom is 0.339 e. The number of halogens is 1. The van der Waals surface area contributed by atoms with E-state index in [1.807, 2.05) is 36.4 Å². The van der Waals surface area contributed by atoms with Gasteiger partial charge in [-0.3, -0.25) is 0 Å². The Labute approximate surface area is 165 Å². The van der Waals surface area contributed by atoms with Crippen LogP contribution in [0.5, 0.6) is 5.75 Å². The van der Waals surface area contributed by atoms with Crippen molar-refractivity contribution < 1.29 is 15.0 Å². The maximum atomic E-state index is 11.2. The van der Waals surface area contributed by atoms with Crippen molar-refractivity contribution in [3.05, 3.63) is 77.3 Å². The number of benzene rings is 3. The Morgan fingerprint density at radius 3 is 2.50 bits per heavy atom. The van der Waals surface area contributed by atoms with E-state index < -0.39 is 5.97 Å². The van der Waals surface area contributed by atoms with Crippen LogP contribution in [0.3, 0.4) is 0 Å². The molecule has 138 valence electrons. The van der Waals surface area contributed by atoms with E-state index in [-0.39, 0.29) is 17.3 Å². The number of fused-ring (bicyclic) bond motifs is 1. The van der Waals surface area contributed by atoms with Crippen molar-refractivity contribution in [2.24, 2.45) is 0 Å². The molecule has 0 spiro atoms. The topological polar surface area (TPSA) is 95.3 Å². The number of nitrogens with zero attached hydrogens (tertiary/aromatic N) is 2. The van der Waals surface area contributed by atoms with E-state index in [0.29, 0.717) is 16.2 Å². The normalized spacial score (nSPS) is 10.8. The summed E-state index contributed by atoms with van der Waals surface area (Å²) in [7, 11) is 0. The number of rotatable bonds is 4. The second kappa shape index (κ2) is 7.17. The molecule has 28 heavy (non-hydrogen) atoms. The number of carbonyl (C=O) groups is 1. The van der Waals surface area contributed by atoms with E-state index in [0.717, 1.165) is 16.6 Å². The van der Waals surface area contributed by atoms with E-state index in [9.17, 15) is 15.0 Å². The molecule has 3 N–H and O–H groups in total. The van der Waals surface area contributed by atoms with Gasteiger partial charge in [-0.05, 0) is 36.4 Å². The van der Waals surface area contributed by atoms with Crippen LogP contribution in [0, 0.1) is 0 Å². The van der Waals surface area contributed by atoms with Gasteiger partial charge in [0.2, 0.25) is 5.95 Å². The highest BCUT2D eigenvalue weighted by molar-refractivity contribution is 6.31. The lowest BCUT2D eigenvalue weighted by molar-refractivity contribution is 0.0694.